The van der Waals surface area contributed by atoms with E-state index in [1.54, 1.807) is 10.6 Å². The van der Waals surface area contributed by atoms with Gasteiger partial charge in [0.2, 0.25) is 0 Å². The summed E-state index contributed by atoms with van der Waals surface area (Å²) < 4.78 is 6.81. The largest absolute Gasteiger partial charge is 0.444 e. The second kappa shape index (κ2) is 5.83. The summed E-state index contributed by atoms with van der Waals surface area (Å²) in [6.07, 6.45) is 1.26. The van der Waals surface area contributed by atoms with E-state index in [-0.39, 0.29) is 17.9 Å². The van der Waals surface area contributed by atoms with Crippen molar-refractivity contribution in [3.05, 3.63) is 64.1 Å². The summed E-state index contributed by atoms with van der Waals surface area (Å²) in [5, 5.41) is 2.52. The van der Waals surface area contributed by atoms with Gasteiger partial charge in [-0.05, 0) is 30.5 Å². The molecule has 1 amide bonds. The topological polar surface area (TPSA) is 60.3 Å². The van der Waals surface area contributed by atoms with Crippen molar-refractivity contribution in [3.63, 3.8) is 0 Å². The van der Waals surface area contributed by atoms with Crippen molar-refractivity contribution in [1.82, 2.24) is 4.57 Å². The Morgan fingerprint density at radius 2 is 2.00 bits per heavy atom. The van der Waals surface area contributed by atoms with Crippen LogP contribution in [0.3, 0.4) is 0 Å². The molecule has 0 saturated carbocycles. The highest BCUT2D eigenvalue weighted by molar-refractivity contribution is 5.84. The van der Waals surface area contributed by atoms with Gasteiger partial charge in [0.1, 0.15) is 12.3 Å². The normalized spacial score (nSPS) is 12.8. The monoisotopic (exact) mass is 284 g/mol. The van der Waals surface area contributed by atoms with E-state index in [9.17, 15) is 9.59 Å². The van der Waals surface area contributed by atoms with Crippen LogP contribution in [0.5, 0.6) is 0 Å². The van der Waals surface area contributed by atoms with Gasteiger partial charge in [0.25, 0.3) is 5.56 Å². The van der Waals surface area contributed by atoms with E-state index in [1.165, 1.54) is 0 Å². The molecule has 3 rings (SSSR count). The Bertz CT molecular complexity index is 707. The maximum Gasteiger partial charge on any atom is 0.412 e. The third-order valence-corrected chi connectivity index (χ3v) is 3.53. The maximum atomic E-state index is 12.2. The average Bonchev–Trinajstić information content (AvgIpc) is 2.98. The third-order valence-electron chi connectivity index (χ3n) is 3.53. The number of anilines is 1. The van der Waals surface area contributed by atoms with E-state index in [0.717, 1.165) is 24.1 Å². The predicted octanol–water partition coefficient (Wildman–Crippen LogP) is 2.54. The molecule has 0 saturated heterocycles. The van der Waals surface area contributed by atoms with Crippen LogP contribution in [-0.4, -0.2) is 10.7 Å². The lowest BCUT2D eigenvalue weighted by molar-refractivity contribution is 0.155. The summed E-state index contributed by atoms with van der Waals surface area (Å²) in [5.74, 6) is 0. The van der Waals surface area contributed by atoms with Gasteiger partial charge in [-0.15, -0.1) is 0 Å². The number of carbonyl (C=O) groups is 1. The van der Waals surface area contributed by atoms with Crippen LogP contribution < -0.4 is 10.9 Å². The van der Waals surface area contributed by atoms with Crippen LogP contribution >= 0.6 is 0 Å². The number of carbonyl (C=O) groups excluding carboxylic acids is 1. The first kappa shape index (κ1) is 13.4. The minimum atomic E-state index is -0.616. The van der Waals surface area contributed by atoms with Crippen LogP contribution in [0.1, 0.15) is 17.7 Å². The summed E-state index contributed by atoms with van der Waals surface area (Å²) in [6, 6.07) is 12.9. The Labute approximate surface area is 122 Å². The molecule has 1 aromatic heterocycles. The molecule has 21 heavy (non-hydrogen) atoms. The molecule has 2 aromatic rings. The molecule has 1 aromatic carbocycles. The van der Waals surface area contributed by atoms with Crippen molar-refractivity contribution < 1.29 is 9.53 Å². The van der Waals surface area contributed by atoms with E-state index >= 15 is 0 Å². The second-order valence-electron chi connectivity index (χ2n) is 4.99. The molecule has 5 nitrogen and oxygen atoms in total. The van der Waals surface area contributed by atoms with Crippen molar-refractivity contribution in [2.75, 3.05) is 5.32 Å². The summed E-state index contributed by atoms with van der Waals surface area (Å²) in [7, 11) is 0. The molecule has 0 radical (unpaired) electrons. The number of pyridine rings is 1. The number of hydrogen-bond donors (Lipinski definition) is 1. The number of rotatable bonds is 3. The van der Waals surface area contributed by atoms with Crippen LogP contribution in [0.25, 0.3) is 0 Å². The SMILES string of the molecule is O=C(Nc1ccc2n(c1=O)CCC2)OCc1ccccc1. The van der Waals surface area contributed by atoms with Crippen molar-refractivity contribution in [1.29, 1.82) is 0 Å². The van der Waals surface area contributed by atoms with E-state index < -0.39 is 6.09 Å². The standard InChI is InChI=1S/C16H16N2O3/c19-15-14(9-8-13-7-4-10-18(13)15)17-16(20)21-11-12-5-2-1-3-6-12/h1-3,5-6,8-9H,4,7,10-11H2,(H,17,20). The predicted molar refractivity (Wildman–Crippen MR) is 79.3 cm³/mol. The number of nitrogens with zero attached hydrogens (tertiary/aromatic N) is 1. The zero-order chi connectivity index (χ0) is 14.7. The smallest absolute Gasteiger partial charge is 0.412 e. The lowest BCUT2D eigenvalue weighted by Crippen LogP contribution is -2.25. The molecule has 1 N–H and O–H groups in total. The van der Waals surface area contributed by atoms with E-state index in [0.29, 0.717) is 6.54 Å². The molecule has 2 heterocycles. The highest BCUT2D eigenvalue weighted by Gasteiger charge is 2.15. The van der Waals surface area contributed by atoms with E-state index in [2.05, 4.69) is 5.32 Å². The fraction of sp³-hybridized carbons (Fsp3) is 0.250. The lowest BCUT2D eigenvalue weighted by Gasteiger charge is -2.09. The van der Waals surface area contributed by atoms with Gasteiger partial charge in [0.15, 0.2) is 0 Å². The first-order valence-corrected chi connectivity index (χ1v) is 6.94. The number of hydrogen-bond acceptors (Lipinski definition) is 3. The minimum absolute atomic E-state index is 0.165. The number of aryl methyl sites for hydroxylation is 1. The Morgan fingerprint density at radius 3 is 2.81 bits per heavy atom. The van der Waals surface area contributed by atoms with Crippen molar-refractivity contribution in [2.24, 2.45) is 0 Å². The van der Waals surface area contributed by atoms with E-state index in [1.807, 2.05) is 36.4 Å². The van der Waals surface area contributed by atoms with Crippen LogP contribution in [0, 0.1) is 0 Å². The average molecular weight is 284 g/mol. The fourth-order valence-corrected chi connectivity index (χ4v) is 2.46. The third kappa shape index (κ3) is 2.97. The van der Waals surface area contributed by atoms with Crippen LogP contribution in [-0.2, 0) is 24.3 Å². The van der Waals surface area contributed by atoms with Gasteiger partial charge in [-0.25, -0.2) is 4.79 Å². The zero-order valence-corrected chi connectivity index (χ0v) is 11.5. The first-order valence-electron chi connectivity index (χ1n) is 6.94. The molecular formula is C16H16N2O3. The number of nitrogens with one attached hydrogen (secondary N) is 1. The number of fused-ring (bicyclic) bond motifs is 1. The van der Waals surface area contributed by atoms with Gasteiger partial charge in [0.05, 0.1) is 0 Å². The molecule has 1 aliphatic rings. The quantitative estimate of drug-likeness (QED) is 0.942. The molecule has 5 heteroatoms. The Balaban J connectivity index is 1.64. The lowest BCUT2D eigenvalue weighted by atomic mass is 10.2. The molecule has 0 unspecified atom stereocenters. The fourth-order valence-electron chi connectivity index (χ4n) is 2.46. The van der Waals surface area contributed by atoms with Gasteiger partial charge in [0, 0.05) is 12.2 Å². The van der Waals surface area contributed by atoms with Crippen LogP contribution in [0.4, 0.5) is 10.5 Å². The van der Waals surface area contributed by atoms with E-state index in [4.69, 9.17) is 4.74 Å². The van der Waals surface area contributed by atoms with Gasteiger partial charge in [-0.3, -0.25) is 10.1 Å². The van der Waals surface area contributed by atoms with Crippen molar-refractivity contribution in [3.8, 4) is 0 Å². The first-order chi connectivity index (χ1) is 10.2. The van der Waals surface area contributed by atoms with Crippen molar-refractivity contribution >= 4 is 11.8 Å². The number of amides is 1. The summed E-state index contributed by atoms with van der Waals surface area (Å²) in [4.78, 5) is 23.9. The van der Waals surface area contributed by atoms with Crippen LogP contribution in [0.2, 0.25) is 0 Å². The van der Waals surface area contributed by atoms with Gasteiger partial charge in [-0.2, -0.15) is 0 Å². The van der Waals surface area contributed by atoms with Gasteiger partial charge >= 0.3 is 6.09 Å². The van der Waals surface area contributed by atoms with Gasteiger partial charge in [-0.1, -0.05) is 30.3 Å². The summed E-state index contributed by atoms with van der Waals surface area (Å²) in [6.45, 7) is 0.891. The molecular weight excluding hydrogens is 268 g/mol. The number of ether oxygens (including phenoxy) is 1. The molecule has 0 fully saturated rings. The Hall–Kier alpha value is -2.56. The Kier molecular flexibility index (Phi) is 3.73. The second-order valence-corrected chi connectivity index (χ2v) is 4.99. The molecule has 1 aliphatic heterocycles. The van der Waals surface area contributed by atoms with Gasteiger partial charge < -0.3 is 9.30 Å². The minimum Gasteiger partial charge on any atom is -0.444 e. The molecule has 108 valence electrons. The summed E-state index contributed by atoms with van der Waals surface area (Å²) >= 11 is 0. The summed E-state index contributed by atoms with van der Waals surface area (Å²) in [5.41, 5.74) is 2.02. The number of aromatic nitrogens is 1. The van der Waals surface area contributed by atoms with Crippen LogP contribution in [0.15, 0.2) is 47.3 Å². The van der Waals surface area contributed by atoms with Crippen molar-refractivity contribution in [2.45, 2.75) is 26.0 Å². The molecule has 0 spiro atoms. The molecule has 0 atom stereocenters. The molecule has 0 aliphatic carbocycles. The zero-order valence-electron chi connectivity index (χ0n) is 11.5. The Morgan fingerprint density at radius 1 is 1.19 bits per heavy atom. The number of benzene rings is 1. The maximum absolute atomic E-state index is 12.2. The molecule has 0 bridgehead atoms. The highest BCUT2D eigenvalue weighted by Crippen LogP contribution is 2.13. The highest BCUT2D eigenvalue weighted by atomic mass is 16.5.